The van der Waals surface area contributed by atoms with E-state index in [2.05, 4.69) is 26.1 Å². The van der Waals surface area contributed by atoms with Gasteiger partial charge in [0.25, 0.3) is 0 Å². The number of nitrogens with one attached hydrogen (secondary N) is 1. The summed E-state index contributed by atoms with van der Waals surface area (Å²) in [5.74, 6) is -0.0758. The molecule has 1 aliphatic rings. The lowest BCUT2D eigenvalue weighted by atomic mass is 9.87. The molecule has 1 unspecified atom stereocenters. The van der Waals surface area contributed by atoms with Crippen LogP contribution < -0.4 is 14.4 Å². The van der Waals surface area contributed by atoms with Crippen molar-refractivity contribution in [3.8, 4) is 5.75 Å². The third kappa shape index (κ3) is 9.57. The van der Waals surface area contributed by atoms with Crippen molar-refractivity contribution >= 4 is 27.5 Å². The Morgan fingerprint density at radius 3 is 2.16 bits per heavy atom. The Morgan fingerprint density at radius 2 is 1.56 bits per heavy atom. The number of carbonyl (C=O) groups is 2. The van der Waals surface area contributed by atoms with Crippen molar-refractivity contribution in [2.24, 2.45) is 0 Å². The number of nitrogens with zero attached hydrogens (tertiary/aromatic N) is 2. The van der Waals surface area contributed by atoms with Crippen LogP contribution in [0.2, 0.25) is 0 Å². The van der Waals surface area contributed by atoms with Gasteiger partial charge in [0.05, 0.1) is 19.1 Å². The summed E-state index contributed by atoms with van der Waals surface area (Å²) in [4.78, 5) is 30.0. The predicted octanol–water partition coefficient (Wildman–Crippen LogP) is 5.85. The van der Waals surface area contributed by atoms with Crippen LogP contribution in [-0.4, -0.2) is 57.1 Å². The smallest absolute Gasteiger partial charge is 0.244 e. The van der Waals surface area contributed by atoms with Gasteiger partial charge in [-0.1, -0.05) is 94.6 Å². The summed E-state index contributed by atoms with van der Waals surface area (Å²) in [6, 6.07) is 23.4. The second kappa shape index (κ2) is 15.0. The van der Waals surface area contributed by atoms with Gasteiger partial charge in [-0.2, -0.15) is 0 Å². The van der Waals surface area contributed by atoms with Crippen LogP contribution >= 0.6 is 0 Å². The monoisotopic (exact) mass is 633 g/mol. The minimum absolute atomic E-state index is 0.0483. The molecule has 45 heavy (non-hydrogen) atoms. The SMILES string of the molecule is COc1cccc(CN(C(=O)CN(c2ccc(C(C)(C)C)cc2)S(C)(=O)=O)C(Cc2ccccc2)C(=O)NC2CCCCC2)c1. The van der Waals surface area contributed by atoms with Crippen LogP contribution in [0.5, 0.6) is 5.75 Å². The summed E-state index contributed by atoms with van der Waals surface area (Å²) in [6.07, 6.45) is 6.45. The minimum atomic E-state index is -3.84. The van der Waals surface area contributed by atoms with Gasteiger partial charge in [-0.05, 0) is 59.2 Å². The Labute approximate surface area is 268 Å². The molecule has 0 aliphatic heterocycles. The van der Waals surface area contributed by atoms with Crippen LogP contribution in [0.4, 0.5) is 5.69 Å². The van der Waals surface area contributed by atoms with Crippen molar-refractivity contribution in [3.63, 3.8) is 0 Å². The van der Waals surface area contributed by atoms with Crippen LogP contribution in [0.1, 0.15) is 69.6 Å². The zero-order chi connectivity index (χ0) is 32.6. The number of hydrogen-bond acceptors (Lipinski definition) is 5. The van der Waals surface area contributed by atoms with Crippen LogP contribution in [0, 0.1) is 0 Å². The van der Waals surface area contributed by atoms with Gasteiger partial charge in [0.15, 0.2) is 0 Å². The lowest BCUT2D eigenvalue weighted by Gasteiger charge is -2.35. The highest BCUT2D eigenvalue weighted by atomic mass is 32.2. The lowest BCUT2D eigenvalue weighted by molar-refractivity contribution is -0.140. The quantitative estimate of drug-likeness (QED) is 0.270. The van der Waals surface area contributed by atoms with E-state index in [4.69, 9.17) is 4.74 Å². The molecule has 0 bridgehead atoms. The molecular formula is C36H47N3O5S. The van der Waals surface area contributed by atoms with Crippen molar-refractivity contribution in [1.29, 1.82) is 0 Å². The highest BCUT2D eigenvalue weighted by molar-refractivity contribution is 7.92. The standard InChI is InChI=1S/C36H47N3O5S/c1-36(2,3)29-19-21-31(22-20-29)39(45(5,42)43)26-34(40)38(25-28-15-12-18-32(23-28)44-4)33(24-27-13-8-6-9-14-27)35(41)37-30-16-10-7-11-17-30/h6,8-9,12-15,18-23,30,33H,7,10-11,16-17,24-26H2,1-5H3,(H,37,41). The third-order valence-corrected chi connectivity index (χ3v) is 9.55. The first-order valence-electron chi connectivity index (χ1n) is 15.7. The molecule has 1 fully saturated rings. The van der Waals surface area contributed by atoms with E-state index >= 15 is 0 Å². The molecule has 0 aromatic heterocycles. The fourth-order valence-electron chi connectivity index (χ4n) is 5.81. The first-order valence-corrected chi connectivity index (χ1v) is 17.5. The molecule has 1 saturated carbocycles. The zero-order valence-corrected chi connectivity index (χ0v) is 28.0. The fraction of sp³-hybridized carbons (Fsp3) is 0.444. The molecule has 3 aromatic carbocycles. The van der Waals surface area contributed by atoms with Crippen LogP contribution in [0.15, 0.2) is 78.9 Å². The molecular weight excluding hydrogens is 586 g/mol. The molecule has 8 nitrogen and oxygen atoms in total. The summed E-state index contributed by atoms with van der Waals surface area (Å²) < 4.78 is 32.8. The van der Waals surface area contributed by atoms with Gasteiger partial charge in [-0.15, -0.1) is 0 Å². The van der Waals surface area contributed by atoms with E-state index in [1.807, 2.05) is 66.7 Å². The second-order valence-corrected chi connectivity index (χ2v) is 14.9. The zero-order valence-electron chi connectivity index (χ0n) is 27.2. The number of amides is 2. The Morgan fingerprint density at radius 1 is 0.911 bits per heavy atom. The molecule has 1 N–H and O–H groups in total. The Bertz CT molecular complexity index is 1530. The van der Waals surface area contributed by atoms with Gasteiger partial charge in [-0.25, -0.2) is 8.42 Å². The van der Waals surface area contributed by atoms with E-state index in [1.54, 1.807) is 19.2 Å². The highest BCUT2D eigenvalue weighted by Gasteiger charge is 2.34. The lowest BCUT2D eigenvalue weighted by Crippen LogP contribution is -2.55. The second-order valence-electron chi connectivity index (χ2n) is 13.0. The molecule has 0 saturated heterocycles. The molecule has 2 amide bonds. The predicted molar refractivity (Wildman–Crippen MR) is 180 cm³/mol. The topological polar surface area (TPSA) is 96.0 Å². The van der Waals surface area contributed by atoms with Gasteiger partial charge in [0, 0.05) is 19.0 Å². The van der Waals surface area contributed by atoms with Crippen molar-refractivity contribution in [2.75, 3.05) is 24.2 Å². The number of carbonyl (C=O) groups excluding carboxylic acids is 2. The normalized spacial score (nSPS) is 14.8. The number of hydrogen-bond donors (Lipinski definition) is 1. The summed E-state index contributed by atoms with van der Waals surface area (Å²) in [7, 11) is -2.26. The highest BCUT2D eigenvalue weighted by Crippen LogP contribution is 2.27. The average Bonchev–Trinajstić information content (AvgIpc) is 3.01. The summed E-state index contributed by atoms with van der Waals surface area (Å²) >= 11 is 0. The number of sulfonamides is 1. The molecule has 1 aliphatic carbocycles. The van der Waals surface area contributed by atoms with Crippen LogP contribution in [0.25, 0.3) is 0 Å². The van der Waals surface area contributed by atoms with Crippen molar-refractivity contribution in [3.05, 3.63) is 95.6 Å². The van der Waals surface area contributed by atoms with E-state index in [1.165, 1.54) is 4.90 Å². The van der Waals surface area contributed by atoms with Gasteiger partial charge in [0.1, 0.15) is 18.3 Å². The number of anilines is 1. The average molecular weight is 634 g/mol. The maximum Gasteiger partial charge on any atom is 0.244 e. The Hall–Kier alpha value is -3.85. The fourth-order valence-corrected chi connectivity index (χ4v) is 6.66. The Balaban J connectivity index is 1.73. The van der Waals surface area contributed by atoms with Crippen molar-refractivity contribution in [2.45, 2.75) is 83.3 Å². The molecule has 1 atom stereocenters. The van der Waals surface area contributed by atoms with Crippen LogP contribution in [-0.2, 0) is 38.0 Å². The van der Waals surface area contributed by atoms with Crippen LogP contribution in [0.3, 0.4) is 0 Å². The van der Waals surface area contributed by atoms with E-state index in [-0.39, 0.29) is 30.3 Å². The van der Waals surface area contributed by atoms with Gasteiger partial charge < -0.3 is 15.0 Å². The van der Waals surface area contributed by atoms with Gasteiger partial charge >= 0.3 is 0 Å². The molecule has 0 radical (unpaired) electrons. The van der Waals surface area contributed by atoms with E-state index in [9.17, 15) is 18.0 Å². The summed E-state index contributed by atoms with van der Waals surface area (Å²) in [6.45, 7) is 5.91. The number of ether oxygens (including phenoxy) is 1. The maximum absolute atomic E-state index is 14.4. The van der Waals surface area contributed by atoms with Gasteiger partial charge in [-0.3, -0.25) is 13.9 Å². The first kappa shape index (κ1) is 34.0. The largest absolute Gasteiger partial charge is 0.497 e. The first-order chi connectivity index (χ1) is 21.3. The minimum Gasteiger partial charge on any atom is -0.497 e. The van der Waals surface area contributed by atoms with E-state index in [0.29, 0.717) is 11.4 Å². The number of rotatable bonds is 12. The maximum atomic E-state index is 14.4. The summed E-state index contributed by atoms with van der Waals surface area (Å²) in [5.41, 5.74) is 3.00. The summed E-state index contributed by atoms with van der Waals surface area (Å²) in [5, 5.41) is 3.23. The number of benzene rings is 3. The van der Waals surface area contributed by atoms with E-state index < -0.39 is 28.5 Å². The molecule has 4 rings (SSSR count). The molecule has 3 aromatic rings. The molecule has 242 valence electrons. The van der Waals surface area contributed by atoms with Crippen molar-refractivity contribution in [1.82, 2.24) is 10.2 Å². The van der Waals surface area contributed by atoms with E-state index in [0.717, 1.165) is 59.4 Å². The third-order valence-electron chi connectivity index (χ3n) is 8.41. The van der Waals surface area contributed by atoms with Crippen molar-refractivity contribution < 1.29 is 22.7 Å². The van der Waals surface area contributed by atoms with Gasteiger partial charge in [0.2, 0.25) is 21.8 Å². The molecule has 9 heteroatoms. The molecule has 0 heterocycles. The molecule has 0 spiro atoms. The Kier molecular flexibility index (Phi) is 11.3. The number of methoxy groups -OCH3 is 1.